The Bertz CT molecular complexity index is 569. The normalized spacial score (nSPS) is 10.9. The van der Waals surface area contributed by atoms with Crippen LogP contribution in [0.2, 0.25) is 0 Å². The van der Waals surface area contributed by atoms with Crippen molar-refractivity contribution in [3.05, 3.63) is 50.1 Å². The molecule has 0 aliphatic carbocycles. The number of nitrogens with two attached hydrogens (primary N) is 1. The molecule has 2 N–H and O–H groups in total. The molecule has 0 bridgehead atoms. The molecule has 17 heavy (non-hydrogen) atoms. The number of aromatic nitrogens is 1. The molecule has 2 rings (SSSR count). The molecule has 0 unspecified atom stereocenters. The van der Waals surface area contributed by atoms with E-state index < -0.39 is 0 Å². The Balaban J connectivity index is 2.29. The fraction of sp³-hybridized carbons (Fsp3) is 0. The third-order valence-corrected chi connectivity index (χ3v) is 3.18. The van der Waals surface area contributed by atoms with Crippen molar-refractivity contribution in [1.29, 1.82) is 0 Å². The van der Waals surface area contributed by atoms with Crippen molar-refractivity contribution in [3.8, 4) is 0 Å². The lowest BCUT2D eigenvalue weighted by Crippen LogP contribution is -1.96. The molecule has 5 heteroatoms. The van der Waals surface area contributed by atoms with Gasteiger partial charge in [0.2, 0.25) is 0 Å². The minimum Gasteiger partial charge on any atom is -0.383 e. The van der Waals surface area contributed by atoms with Gasteiger partial charge >= 0.3 is 0 Å². The van der Waals surface area contributed by atoms with Gasteiger partial charge < -0.3 is 5.73 Å². The number of aliphatic imine (C=N–C) groups is 1. The second kappa shape index (κ2) is 5.59. The maximum Gasteiger partial charge on any atom is 0.132 e. The van der Waals surface area contributed by atoms with E-state index in [0.717, 1.165) is 19.3 Å². The van der Waals surface area contributed by atoms with Gasteiger partial charge in [-0.1, -0.05) is 6.07 Å². The highest BCUT2D eigenvalue weighted by Gasteiger charge is 1.98. The van der Waals surface area contributed by atoms with Crippen molar-refractivity contribution >= 4 is 56.2 Å². The summed E-state index contributed by atoms with van der Waals surface area (Å²) in [5, 5.41) is 0. The smallest absolute Gasteiger partial charge is 0.132 e. The van der Waals surface area contributed by atoms with Crippen LogP contribution in [-0.4, -0.2) is 11.2 Å². The van der Waals surface area contributed by atoms with Gasteiger partial charge in [-0.3, -0.25) is 4.99 Å². The fourth-order valence-corrected chi connectivity index (χ4v) is 2.15. The van der Waals surface area contributed by atoms with Crippen LogP contribution in [-0.2, 0) is 0 Å². The van der Waals surface area contributed by atoms with Crippen molar-refractivity contribution in [3.63, 3.8) is 0 Å². The minimum absolute atomic E-state index is 0.475. The summed E-state index contributed by atoms with van der Waals surface area (Å²) in [6.45, 7) is 0. The molecular formula is C12H9BrIN3. The highest BCUT2D eigenvalue weighted by atomic mass is 127. The first-order chi connectivity index (χ1) is 8.15. The van der Waals surface area contributed by atoms with E-state index in [-0.39, 0.29) is 0 Å². The third kappa shape index (κ3) is 3.50. The van der Waals surface area contributed by atoms with Gasteiger partial charge in [0.1, 0.15) is 5.82 Å². The molecule has 0 spiro atoms. The van der Waals surface area contributed by atoms with Crippen LogP contribution >= 0.6 is 38.5 Å². The Labute approximate surface area is 121 Å². The lowest BCUT2D eigenvalue weighted by Gasteiger charge is -1.99. The van der Waals surface area contributed by atoms with Gasteiger partial charge in [-0.25, -0.2) is 4.98 Å². The number of pyridine rings is 1. The van der Waals surface area contributed by atoms with Crippen molar-refractivity contribution in [1.82, 2.24) is 4.98 Å². The summed E-state index contributed by atoms with van der Waals surface area (Å²) >= 11 is 5.61. The Hall–Kier alpha value is -0.950. The molecule has 0 atom stereocenters. The first kappa shape index (κ1) is 12.5. The number of hydrogen-bond donors (Lipinski definition) is 1. The van der Waals surface area contributed by atoms with E-state index in [1.807, 2.05) is 30.3 Å². The number of nitrogens with zero attached hydrogens (tertiary/aromatic N) is 2. The zero-order valence-corrected chi connectivity index (χ0v) is 12.5. The van der Waals surface area contributed by atoms with E-state index in [4.69, 9.17) is 5.73 Å². The lowest BCUT2D eigenvalue weighted by molar-refractivity contribution is 1.31. The van der Waals surface area contributed by atoms with Gasteiger partial charge in [0, 0.05) is 26.0 Å². The summed E-state index contributed by atoms with van der Waals surface area (Å²) in [5.74, 6) is 0.475. The number of benzene rings is 1. The van der Waals surface area contributed by atoms with Crippen LogP contribution in [0.25, 0.3) is 0 Å². The summed E-state index contributed by atoms with van der Waals surface area (Å²) in [5.41, 5.74) is 7.46. The predicted molar refractivity (Wildman–Crippen MR) is 82.8 cm³/mol. The number of hydrogen-bond acceptors (Lipinski definition) is 3. The molecule has 0 radical (unpaired) electrons. The number of rotatable bonds is 2. The molecule has 0 saturated carbocycles. The molecule has 1 heterocycles. The molecule has 3 nitrogen and oxygen atoms in total. The maximum atomic E-state index is 5.76. The molecule has 0 aliphatic heterocycles. The first-order valence-electron chi connectivity index (χ1n) is 4.86. The molecule has 0 aliphatic rings. The fourth-order valence-electron chi connectivity index (χ4n) is 1.27. The Morgan fingerprint density at radius 1 is 1.35 bits per heavy atom. The van der Waals surface area contributed by atoms with Crippen molar-refractivity contribution in [2.75, 3.05) is 5.73 Å². The number of nitrogen functional groups attached to an aromatic ring is 1. The van der Waals surface area contributed by atoms with Crippen LogP contribution in [0, 0.1) is 3.57 Å². The highest BCUT2D eigenvalue weighted by molar-refractivity contribution is 14.1. The van der Waals surface area contributed by atoms with Crippen LogP contribution < -0.4 is 5.73 Å². The zero-order valence-electron chi connectivity index (χ0n) is 8.77. The first-order valence-corrected chi connectivity index (χ1v) is 6.73. The molecular weight excluding hydrogens is 393 g/mol. The van der Waals surface area contributed by atoms with Crippen LogP contribution in [0.1, 0.15) is 5.56 Å². The monoisotopic (exact) mass is 401 g/mol. The van der Waals surface area contributed by atoms with E-state index >= 15 is 0 Å². The Morgan fingerprint density at radius 2 is 2.18 bits per heavy atom. The summed E-state index contributed by atoms with van der Waals surface area (Å²) in [6.07, 6.45) is 3.39. The number of anilines is 1. The molecule has 1 aromatic carbocycles. The quantitative estimate of drug-likeness (QED) is 0.614. The molecule has 2 aromatic rings. The zero-order chi connectivity index (χ0) is 12.3. The van der Waals surface area contributed by atoms with Gasteiger partial charge in [0.05, 0.1) is 5.69 Å². The van der Waals surface area contributed by atoms with Crippen molar-refractivity contribution in [2.24, 2.45) is 4.99 Å². The van der Waals surface area contributed by atoms with Crippen LogP contribution in [0.3, 0.4) is 0 Å². The average Bonchev–Trinajstić information content (AvgIpc) is 2.30. The second-order valence-electron chi connectivity index (χ2n) is 3.37. The maximum absolute atomic E-state index is 5.76. The minimum atomic E-state index is 0.475. The average molecular weight is 402 g/mol. The van der Waals surface area contributed by atoms with E-state index in [1.165, 1.54) is 0 Å². The van der Waals surface area contributed by atoms with Crippen LogP contribution in [0.5, 0.6) is 0 Å². The Kier molecular flexibility index (Phi) is 4.11. The van der Waals surface area contributed by atoms with Crippen molar-refractivity contribution in [2.45, 2.75) is 0 Å². The topological polar surface area (TPSA) is 51.3 Å². The number of halogens is 2. The SMILES string of the molecule is Nc1ncc(Br)cc1C=Nc1cccc(I)c1. The molecule has 0 fully saturated rings. The van der Waals surface area contributed by atoms with E-state index in [2.05, 4.69) is 48.5 Å². The molecule has 86 valence electrons. The van der Waals surface area contributed by atoms with Crippen LogP contribution in [0.4, 0.5) is 11.5 Å². The summed E-state index contributed by atoms with van der Waals surface area (Å²) < 4.78 is 2.04. The lowest BCUT2D eigenvalue weighted by atomic mass is 10.3. The van der Waals surface area contributed by atoms with Crippen LogP contribution in [0.15, 0.2) is 46.0 Å². The van der Waals surface area contributed by atoms with E-state index in [0.29, 0.717) is 5.82 Å². The van der Waals surface area contributed by atoms with Crippen molar-refractivity contribution < 1.29 is 0 Å². The molecule has 0 amide bonds. The molecule has 0 saturated heterocycles. The standard InChI is InChI=1S/C12H9BrIN3/c13-9-4-8(12(15)17-7-9)6-16-11-3-1-2-10(14)5-11/h1-7H,(H2,15,17). The van der Waals surface area contributed by atoms with Gasteiger partial charge in [0.25, 0.3) is 0 Å². The summed E-state index contributed by atoms with van der Waals surface area (Å²) in [6, 6.07) is 9.82. The van der Waals surface area contributed by atoms with E-state index in [9.17, 15) is 0 Å². The van der Waals surface area contributed by atoms with Gasteiger partial charge in [-0.05, 0) is 62.8 Å². The van der Waals surface area contributed by atoms with Gasteiger partial charge in [0.15, 0.2) is 0 Å². The van der Waals surface area contributed by atoms with E-state index in [1.54, 1.807) is 12.4 Å². The second-order valence-corrected chi connectivity index (χ2v) is 5.53. The summed E-state index contributed by atoms with van der Waals surface area (Å²) in [4.78, 5) is 8.42. The van der Waals surface area contributed by atoms with Gasteiger partial charge in [-0.2, -0.15) is 0 Å². The third-order valence-electron chi connectivity index (χ3n) is 2.08. The Morgan fingerprint density at radius 3 is 2.94 bits per heavy atom. The van der Waals surface area contributed by atoms with Gasteiger partial charge in [-0.15, -0.1) is 0 Å². The predicted octanol–water partition coefficient (Wildman–Crippen LogP) is 3.78. The largest absolute Gasteiger partial charge is 0.383 e. The highest BCUT2D eigenvalue weighted by Crippen LogP contribution is 2.17. The summed E-state index contributed by atoms with van der Waals surface area (Å²) in [7, 11) is 0. The molecule has 1 aromatic heterocycles.